The number of carbonyl (C=O) groups excluding carboxylic acids is 1. The van der Waals surface area contributed by atoms with Crippen LogP contribution in [0.2, 0.25) is 0 Å². The number of pyridine rings is 1. The molecular formula is C18H28N4O. The molecule has 126 valence electrons. The van der Waals surface area contributed by atoms with E-state index < -0.39 is 0 Å². The standard InChI is InChI=1S/C18H28N4O/c1-4-21-11-5-7-15(21)16-8-6-12-22(16)18(23)14-9-10-19-17(13-14)20(2)3/h9-10,13,15-16H,4-8,11-12H2,1-3H3. The molecule has 0 bridgehead atoms. The van der Waals surface area contributed by atoms with Crippen molar-refractivity contribution in [2.75, 3.05) is 38.6 Å². The summed E-state index contributed by atoms with van der Waals surface area (Å²) >= 11 is 0. The van der Waals surface area contributed by atoms with E-state index in [2.05, 4.69) is 21.7 Å². The molecule has 1 amide bonds. The van der Waals surface area contributed by atoms with Crippen LogP contribution in [0.25, 0.3) is 0 Å². The van der Waals surface area contributed by atoms with Gasteiger partial charge in [-0.1, -0.05) is 6.92 Å². The molecule has 0 saturated carbocycles. The highest BCUT2D eigenvalue weighted by Gasteiger charge is 2.39. The monoisotopic (exact) mass is 316 g/mol. The lowest BCUT2D eigenvalue weighted by molar-refractivity contribution is 0.0650. The summed E-state index contributed by atoms with van der Waals surface area (Å²) in [5, 5.41) is 0. The number of anilines is 1. The van der Waals surface area contributed by atoms with Crippen molar-refractivity contribution in [1.82, 2.24) is 14.8 Å². The molecule has 2 fully saturated rings. The predicted octanol–water partition coefficient (Wildman–Crippen LogP) is 2.24. The zero-order valence-electron chi connectivity index (χ0n) is 14.5. The van der Waals surface area contributed by atoms with Crippen molar-refractivity contribution >= 4 is 11.7 Å². The van der Waals surface area contributed by atoms with Crippen LogP contribution in [0.15, 0.2) is 18.3 Å². The number of carbonyl (C=O) groups is 1. The highest BCUT2D eigenvalue weighted by atomic mass is 16.2. The van der Waals surface area contributed by atoms with E-state index in [1.807, 2.05) is 31.1 Å². The van der Waals surface area contributed by atoms with Gasteiger partial charge in [0.05, 0.1) is 0 Å². The molecule has 23 heavy (non-hydrogen) atoms. The van der Waals surface area contributed by atoms with Crippen molar-refractivity contribution in [3.05, 3.63) is 23.9 Å². The maximum absolute atomic E-state index is 13.0. The van der Waals surface area contributed by atoms with Gasteiger partial charge in [-0.25, -0.2) is 4.98 Å². The third-order valence-electron chi connectivity index (χ3n) is 5.28. The minimum absolute atomic E-state index is 0.168. The maximum atomic E-state index is 13.0. The molecule has 1 aromatic rings. The Bertz CT molecular complexity index is 560. The Balaban J connectivity index is 1.79. The molecule has 0 aliphatic carbocycles. The fraction of sp³-hybridized carbons (Fsp3) is 0.667. The number of amides is 1. The topological polar surface area (TPSA) is 39.7 Å². The van der Waals surface area contributed by atoms with E-state index in [9.17, 15) is 4.79 Å². The Kier molecular flexibility index (Phi) is 4.85. The van der Waals surface area contributed by atoms with Gasteiger partial charge in [0.25, 0.3) is 5.91 Å². The van der Waals surface area contributed by atoms with Crippen LogP contribution in [0.1, 0.15) is 43.0 Å². The van der Waals surface area contributed by atoms with E-state index in [1.54, 1.807) is 6.20 Å². The Labute approximate surface area is 139 Å². The van der Waals surface area contributed by atoms with E-state index in [1.165, 1.54) is 19.4 Å². The predicted molar refractivity (Wildman–Crippen MR) is 92.9 cm³/mol. The fourth-order valence-electron chi connectivity index (χ4n) is 4.09. The number of rotatable bonds is 4. The van der Waals surface area contributed by atoms with Crippen LogP contribution >= 0.6 is 0 Å². The Morgan fingerprint density at radius 3 is 2.74 bits per heavy atom. The Hall–Kier alpha value is -1.62. The smallest absolute Gasteiger partial charge is 0.254 e. The molecule has 3 heterocycles. The van der Waals surface area contributed by atoms with Crippen molar-refractivity contribution in [2.24, 2.45) is 0 Å². The summed E-state index contributed by atoms with van der Waals surface area (Å²) in [6.45, 7) is 5.38. The molecule has 2 aliphatic rings. The minimum Gasteiger partial charge on any atom is -0.363 e. The molecule has 0 spiro atoms. The third-order valence-corrected chi connectivity index (χ3v) is 5.28. The van der Waals surface area contributed by atoms with Gasteiger partial charge in [-0.2, -0.15) is 0 Å². The van der Waals surface area contributed by atoms with Gasteiger partial charge in [-0.05, 0) is 50.9 Å². The van der Waals surface area contributed by atoms with E-state index >= 15 is 0 Å². The quantitative estimate of drug-likeness (QED) is 0.854. The summed E-state index contributed by atoms with van der Waals surface area (Å²) < 4.78 is 0. The number of hydrogen-bond acceptors (Lipinski definition) is 4. The molecular weight excluding hydrogens is 288 g/mol. The largest absolute Gasteiger partial charge is 0.363 e. The molecule has 5 heteroatoms. The van der Waals surface area contributed by atoms with Gasteiger partial charge in [0.1, 0.15) is 5.82 Å². The first-order valence-corrected chi connectivity index (χ1v) is 8.80. The van der Waals surface area contributed by atoms with Crippen molar-refractivity contribution < 1.29 is 4.79 Å². The summed E-state index contributed by atoms with van der Waals surface area (Å²) in [4.78, 5) is 24.0. The Morgan fingerprint density at radius 1 is 1.26 bits per heavy atom. The van der Waals surface area contributed by atoms with E-state index in [-0.39, 0.29) is 5.91 Å². The molecule has 5 nitrogen and oxygen atoms in total. The van der Waals surface area contributed by atoms with Crippen LogP contribution < -0.4 is 4.90 Å². The molecule has 1 aromatic heterocycles. The first kappa shape index (κ1) is 16.2. The van der Waals surface area contributed by atoms with Crippen molar-refractivity contribution in [3.63, 3.8) is 0 Å². The summed E-state index contributed by atoms with van der Waals surface area (Å²) in [7, 11) is 3.90. The SMILES string of the molecule is CCN1CCCC1C1CCCN1C(=O)c1ccnc(N(C)C)c1. The summed E-state index contributed by atoms with van der Waals surface area (Å²) in [5.74, 6) is 1.00. The fourth-order valence-corrected chi connectivity index (χ4v) is 4.09. The van der Waals surface area contributed by atoms with E-state index in [0.717, 1.165) is 37.3 Å². The second-order valence-electron chi connectivity index (χ2n) is 6.84. The van der Waals surface area contributed by atoms with E-state index in [4.69, 9.17) is 0 Å². The van der Waals surface area contributed by atoms with Gasteiger partial charge in [0, 0.05) is 44.5 Å². The summed E-state index contributed by atoms with van der Waals surface area (Å²) in [6.07, 6.45) is 6.48. The third kappa shape index (κ3) is 3.20. The molecule has 0 radical (unpaired) electrons. The maximum Gasteiger partial charge on any atom is 0.254 e. The Morgan fingerprint density at radius 2 is 2.00 bits per heavy atom. The molecule has 0 N–H and O–H groups in total. The summed E-state index contributed by atoms with van der Waals surface area (Å²) in [5.41, 5.74) is 0.761. The molecule has 0 aromatic carbocycles. The lowest BCUT2D eigenvalue weighted by atomic mass is 10.0. The van der Waals surface area contributed by atoms with Gasteiger partial charge in [-0.15, -0.1) is 0 Å². The van der Waals surface area contributed by atoms with E-state index in [0.29, 0.717) is 12.1 Å². The lowest BCUT2D eigenvalue weighted by Gasteiger charge is -2.34. The highest BCUT2D eigenvalue weighted by molar-refractivity contribution is 5.95. The minimum atomic E-state index is 0.168. The zero-order chi connectivity index (χ0) is 16.4. The van der Waals surface area contributed by atoms with Gasteiger partial charge < -0.3 is 9.80 Å². The van der Waals surface area contributed by atoms with Crippen molar-refractivity contribution in [1.29, 1.82) is 0 Å². The number of likely N-dealkylation sites (N-methyl/N-ethyl adjacent to an activating group) is 1. The number of hydrogen-bond donors (Lipinski definition) is 0. The van der Waals surface area contributed by atoms with Crippen LogP contribution in [0.4, 0.5) is 5.82 Å². The van der Waals surface area contributed by atoms with Crippen LogP contribution in [-0.2, 0) is 0 Å². The second-order valence-corrected chi connectivity index (χ2v) is 6.84. The molecule has 3 rings (SSSR count). The second kappa shape index (κ2) is 6.87. The van der Waals surface area contributed by atoms with Crippen molar-refractivity contribution in [2.45, 2.75) is 44.7 Å². The molecule has 2 unspecified atom stereocenters. The van der Waals surface area contributed by atoms with Crippen molar-refractivity contribution in [3.8, 4) is 0 Å². The first-order valence-electron chi connectivity index (χ1n) is 8.80. The molecule has 2 saturated heterocycles. The number of nitrogens with zero attached hydrogens (tertiary/aromatic N) is 4. The first-order chi connectivity index (χ1) is 11.1. The lowest BCUT2D eigenvalue weighted by Crippen LogP contribution is -2.48. The highest BCUT2D eigenvalue weighted by Crippen LogP contribution is 2.31. The number of aromatic nitrogens is 1. The average Bonchev–Trinajstić information content (AvgIpc) is 3.22. The number of likely N-dealkylation sites (tertiary alicyclic amines) is 2. The molecule has 2 aliphatic heterocycles. The average molecular weight is 316 g/mol. The zero-order valence-corrected chi connectivity index (χ0v) is 14.5. The van der Waals surface area contributed by atoms with Gasteiger partial charge in [-0.3, -0.25) is 9.69 Å². The molecule has 2 atom stereocenters. The van der Waals surface area contributed by atoms with Gasteiger partial charge in [0.15, 0.2) is 0 Å². The van der Waals surface area contributed by atoms with Gasteiger partial charge >= 0.3 is 0 Å². The normalized spacial score (nSPS) is 25.1. The van der Waals surface area contributed by atoms with Crippen LogP contribution in [0.3, 0.4) is 0 Å². The van der Waals surface area contributed by atoms with Crippen LogP contribution in [0.5, 0.6) is 0 Å². The summed E-state index contributed by atoms with van der Waals surface area (Å²) in [6, 6.07) is 4.67. The van der Waals surface area contributed by atoms with Crippen LogP contribution in [0, 0.1) is 0 Å². The van der Waals surface area contributed by atoms with Crippen LogP contribution in [-0.4, -0.2) is 66.5 Å². The van der Waals surface area contributed by atoms with Gasteiger partial charge in [0.2, 0.25) is 0 Å².